The fourth-order valence-electron chi connectivity index (χ4n) is 2.08. The van der Waals surface area contributed by atoms with Crippen molar-refractivity contribution < 1.29 is 9.59 Å². The van der Waals surface area contributed by atoms with Crippen molar-refractivity contribution in [3.8, 4) is 0 Å². The number of nitrogens with zero attached hydrogens (tertiary/aromatic N) is 2. The monoisotopic (exact) mass is 247 g/mol. The van der Waals surface area contributed by atoms with E-state index in [1.165, 1.54) is 0 Å². The second kappa shape index (κ2) is 5.16. The first-order valence-corrected chi connectivity index (χ1v) is 6.05. The second-order valence-corrected chi connectivity index (χ2v) is 4.67. The molecule has 1 unspecified atom stereocenters. The molecule has 96 valence electrons. The molecular weight excluding hydrogens is 230 g/mol. The Morgan fingerprint density at radius 1 is 1.44 bits per heavy atom. The molecule has 18 heavy (non-hydrogen) atoms. The van der Waals surface area contributed by atoms with Gasteiger partial charge in [-0.25, -0.2) is 0 Å². The van der Waals surface area contributed by atoms with Gasteiger partial charge >= 0.3 is 0 Å². The maximum atomic E-state index is 12.1. The van der Waals surface area contributed by atoms with Crippen molar-refractivity contribution in [2.24, 2.45) is 0 Å². The van der Waals surface area contributed by atoms with Crippen LogP contribution in [-0.2, 0) is 16.1 Å². The zero-order valence-corrected chi connectivity index (χ0v) is 10.6. The lowest BCUT2D eigenvalue weighted by atomic mass is 10.2. The molecule has 0 spiro atoms. The second-order valence-electron chi connectivity index (χ2n) is 4.67. The maximum absolute atomic E-state index is 12.1. The summed E-state index contributed by atoms with van der Waals surface area (Å²) in [5.74, 6) is -0.108. The third kappa shape index (κ3) is 2.85. The molecule has 0 aromatic carbocycles. The van der Waals surface area contributed by atoms with Gasteiger partial charge in [0.15, 0.2) is 0 Å². The Kier molecular flexibility index (Phi) is 3.60. The standard InChI is InChI=1S/C13H17N3O2/c1-9-5-11(7-14-6-9)8-16-4-3-12(17)15-10(2)13(16)18/h5-7,10H,3-4,8H2,1-2H3,(H,15,17). The van der Waals surface area contributed by atoms with Crippen molar-refractivity contribution in [2.45, 2.75) is 32.9 Å². The summed E-state index contributed by atoms with van der Waals surface area (Å²) >= 11 is 0. The molecule has 0 saturated carbocycles. The lowest BCUT2D eigenvalue weighted by molar-refractivity contribution is -0.133. The average Bonchev–Trinajstić information content (AvgIpc) is 2.43. The van der Waals surface area contributed by atoms with E-state index in [-0.39, 0.29) is 11.8 Å². The number of rotatable bonds is 2. The van der Waals surface area contributed by atoms with Crippen LogP contribution in [0.15, 0.2) is 18.5 Å². The zero-order chi connectivity index (χ0) is 13.1. The number of carbonyl (C=O) groups excluding carboxylic acids is 2. The van der Waals surface area contributed by atoms with Gasteiger partial charge < -0.3 is 10.2 Å². The van der Waals surface area contributed by atoms with Gasteiger partial charge in [-0.05, 0) is 25.0 Å². The van der Waals surface area contributed by atoms with E-state index in [0.717, 1.165) is 11.1 Å². The fourth-order valence-corrected chi connectivity index (χ4v) is 2.08. The van der Waals surface area contributed by atoms with Gasteiger partial charge in [0.25, 0.3) is 0 Å². The van der Waals surface area contributed by atoms with Crippen LogP contribution < -0.4 is 5.32 Å². The van der Waals surface area contributed by atoms with Gasteiger partial charge in [-0.1, -0.05) is 6.07 Å². The molecule has 1 aromatic heterocycles. The minimum atomic E-state index is -0.447. The van der Waals surface area contributed by atoms with Crippen LogP contribution in [-0.4, -0.2) is 34.3 Å². The molecule has 1 atom stereocenters. The molecule has 0 radical (unpaired) electrons. The zero-order valence-electron chi connectivity index (χ0n) is 10.6. The van der Waals surface area contributed by atoms with Crippen molar-refractivity contribution in [1.29, 1.82) is 0 Å². The topological polar surface area (TPSA) is 62.3 Å². The van der Waals surface area contributed by atoms with E-state index in [2.05, 4.69) is 10.3 Å². The number of hydrogen-bond acceptors (Lipinski definition) is 3. The first-order chi connectivity index (χ1) is 8.56. The quantitative estimate of drug-likeness (QED) is 0.833. The summed E-state index contributed by atoms with van der Waals surface area (Å²) in [7, 11) is 0. The molecule has 1 aliphatic heterocycles. The molecule has 1 saturated heterocycles. The largest absolute Gasteiger partial charge is 0.345 e. The van der Waals surface area contributed by atoms with Gasteiger partial charge in [-0.3, -0.25) is 14.6 Å². The number of pyridine rings is 1. The summed E-state index contributed by atoms with van der Waals surface area (Å²) in [6.45, 7) is 4.65. The summed E-state index contributed by atoms with van der Waals surface area (Å²) < 4.78 is 0. The van der Waals surface area contributed by atoms with Gasteiger partial charge in [0.2, 0.25) is 11.8 Å². The summed E-state index contributed by atoms with van der Waals surface area (Å²) in [4.78, 5) is 29.3. The summed E-state index contributed by atoms with van der Waals surface area (Å²) in [5.41, 5.74) is 2.06. The number of carbonyl (C=O) groups is 2. The highest BCUT2D eigenvalue weighted by atomic mass is 16.2. The molecule has 5 nitrogen and oxygen atoms in total. The SMILES string of the molecule is Cc1cncc(CN2CCC(=O)NC(C)C2=O)c1. The van der Waals surface area contributed by atoms with Crippen LogP contribution in [0.4, 0.5) is 0 Å². The third-order valence-corrected chi connectivity index (χ3v) is 2.97. The molecule has 2 rings (SSSR count). The fraction of sp³-hybridized carbons (Fsp3) is 0.462. The van der Waals surface area contributed by atoms with E-state index >= 15 is 0 Å². The van der Waals surface area contributed by atoms with Crippen molar-refractivity contribution in [1.82, 2.24) is 15.2 Å². The third-order valence-electron chi connectivity index (χ3n) is 2.97. The lowest BCUT2D eigenvalue weighted by Crippen LogP contribution is -2.42. The van der Waals surface area contributed by atoms with E-state index in [4.69, 9.17) is 0 Å². The Hall–Kier alpha value is -1.91. The van der Waals surface area contributed by atoms with E-state index in [0.29, 0.717) is 19.5 Å². The number of amides is 2. The normalized spacial score (nSPS) is 20.6. The highest BCUT2D eigenvalue weighted by Gasteiger charge is 2.26. The van der Waals surface area contributed by atoms with Crippen LogP contribution in [0.2, 0.25) is 0 Å². The van der Waals surface area contributed by atoms with Crippen LogP contribution in [0.1, 0.15) is 24.5 Å². The van der Waals surface area contributed by atoms with Crippen LogP contribution in [0, 0.1) is 6.92 Å². The lowest BCUT2D eigenvalue weighted by Gasteiger charge is -2.22. The van der Waals surface area contributed by atoms with Crippen LogP contribution in [0.3, 0.4) is 0 Å². The molecule has 5 heteroatoms. The predicted molar refractivity (Wildman–Crippen MR) is 66.6 cm³/mol. The Morgan fingerprint density at radius 2 is 2.22 bits per heavy atom. The van der Waals surface area contributed by atoms with Gasteiger partial charge in [-0.15, -0.1) is 0 Å². The van der Waals surface area contributed by atoms with E-state index in [1.54, 1.807) is 24.2 Å². The predicted octanol–water partition coefficient (Wildman–Crippen LogP) is 0.627. The minimum Gasteiger partial charge on any atom is -0.345 e. The van der Waals surface area contributed by atoms with Crippen LogP contribution in [0.25, 0.3) is 0 Å². The average molecular weight is 247 g/mol. The molecular formula is C13H17N3O2. The molecule has 1 N–H and O–H groups in total. The first-order valence-electron chi connectivity index (χ1n) is 6.05. The van der Waals surface area contributed by atoms with Gasteiger partial charge in [0, 0.05) is 31.9 Å². The van der Waals surface area contributed by atoms with Crippen molar-refractivity contribution in [2.75, 3.05) is 6.54 Å². The molecule has 2 amide bonds. The van der Waals surface area contributed by atoms with Crippen LogP contribution >= 0.6 is 0 Å². The van der Waals surface area contributed by atoms with E-state index < -0.39 is 6.04 Å². The van der Waals surface area contributed by atoms with Gasteiger partial charge in [0.05, 0.1) is 0 Å². The molecule has 0 aliphatic carbocycles. The van der Waals surface area contributed by atoms with Crippen molar-refractivity contribution in [3.05, 3.63) is 29.6 Å². The Balaban J connectivity index is 2.12. The van der Waals surface area contributed by atoms with E-state index in [1.807, 2.05) is 13.0 Å². The molecule has 1 fully saturated rings. The maximum Gasteiger partial charge on any atom is 0.245 e. The Bertz CT molecular complexity index is 473. The number of aryl methyl sites for hydroxylation is 1. The molecule has 1 aliphatic rings. The first kappa shape index (κ1) is 12.5. The smallest absolute Gasteiger partial charge is 0.245 e. The highest BCUT2D eigenvalue weighted by molar-refractivity contribution is 5.89. The van der Waals surface area contributed by atoms with Crippen molar-refractivity contribution in [3.63, 3.8) is 0 Å². The Labute approximate surface area is 106 Å². The number of aromatic nitrogens is 1. The summed E-state index contributed by atoms with van der Waals surface area (Å²) in [6, 6.07) is 1.56. The van der Waals surface area contributed by atoms with Gasteiger partial charge in [0.1, 0.15) is 6.04 Å². The molecule has 2 heterocycles. The van der Waals surface area contributed by atoms with E-state index in [9.17, 15) is 9.59 Å². The highest BCUT2D eigenvalue weighted by Crippen LogP contribution is 2.10. The molecule has 0 bridgehead atoms. The summed E-state index contributed by atoms with van der Waals surface area (Å²) in [6.07, 6.45) is 3.89. The minimum absolute atomic E-state index is 0.0395. The van der Waals surface area contributed by atoms with Crippen molar-refractivity contribution >= 4 is 11.8 Å². The Morgan fingerprint density at radius 3 is 2.94 bits per heavy atom. The number of nitrogens with one attached hydrogen (secondary N) is 1. The summed E-state index contributed by atoms with van der Waals surface area (Å²) in [5, 5.41) is 2.67. The molecule has 1 aromatic rings. The van der Waals surface area contributed by atoms with Gasteiger partial charge in [-0.2, -0.15) is 0 Å². The van der Waals surface area contributed by atoms with Crippen LogP contribution in [0.5, 0.6) is 0 Å². The number of hydrogen-bond donors (Lipinski definition) is 1.